The Balaban J connectivity index is 1.68. The topological polar surface area (TPSA) is 66.9 Å². The van der Waals surface area contributed by atoms with Gasteiger partial charge in [-0.1, -0.05) is 12.1 Å². The fourth-order valence-electron chi connectivity index (χ4n) is 2.15. The van der Waals surface area contributed by atoms with Crippen molar-refractivity contribution in [2.24, 2.45) is 0 Å². The summed E-state index contributed by atoms with van der Waals surface area (Å²) >= 11 is 0. The van der Waals surface area contributed by atoms with E-state index in [0.29, 0.717) is 11.5 Å². The Hall–Kier alpha value is -3.28. The molecule has 0 spiro atoms. The van der Waals surface area contributed by atoms with E-state index in [-0.39, 0.29) is 5.56 Å². The van der Waals surface area contributed by atoms with Gasteiger partial charge >= 0.3 is 0 Å². The third-order valence-corrected chi connectivity index (χ3v) is 3.34. The molecular weight excluding hydrogens is 307 g/mol. The SMILES string of the molecule is Cc1cc(Nc2ccc(NC(=O)c3ccccc3F)cc2)ncn1. The maximum absolute atomic E-state index is 13.6. The average Bonchev–Trinajstić information content (AvgIpc) is 2.57. The van der Waals surface area contributed by atoms with Crippen molar-refractivity contribution in [2.75, 3.05) is 10.6 Å². The Morgan fingerprint density at radius 3 is 2.42 bits per heavy atom. The second-order valence-electron chi connectivity index (χ2n) is 5.18. The first-order chi connectivity index (χ1) is 11.6. The first-order valence-corrected chi connectivity index (χ1v) is 7.33. The number of hydrogen-bond donors (Lipinski definition) is 2. The summed E-state index contributed by atoms with van der Waals surface area (Å²) in [5.41, 5.74) is 2.27. The molecule has 0 saturated heterocycles. The summed E-state index contributed by atoms with van der Waals surface area (Å²) in [5.74, 6) is -0.349. The zero-order chi connectivity index (χ0) is 16.9. The number of amides is 1. The van der Waals surface area contributed by atoms with Crippen LogP contribution >= 0.6 is 0 Å². The molecule has 24 heavy (non-hydrogen) atoms. The third-order valence-electron chi connectivity index (χ3n) is 3.34. The van der Waals surface area contributed by atoms with Gasteiger partial charge in [0, 0.05) is 23.1 Å². The minimum absolute atomic E-state index is 0.0103. The van der Waals surface area contributed by atoms with Crippen molar-refractivity contribution in [1.82, 2.24) is 9.97 Å². The van der Waals surface area contributed by atoms with Crippen LogP contribution < -0.4 is 10.6 Å². The standard InChI is InChI=1S/C18H15FN4O/c1-12-10-17(21-11-20-12)22-13-6-8-14(9-7-13)23-18(24)15-4-2-3-5-16(15)19/h2-11H,1H3,(H,23,24)(H,20,21,22). The lowest BCUT2D eigenvalue weighted by Crippen LogP contribution is -2.13. The van der Waals surface area contributed by atoms with Gasteiger partial charge < -0.3 is 10.6 Å². The summed E-state index contributed by atoms with van der Waals surface area (Å²) in [4.78, 5) is 20.2. The van der Waals surface area contributed by atoms with Crippen LogP contribution in [-0.2, 0) is 0 Å². The summed E-state index contributed by atoms with van der Waals surface area (Å²) in [6.07, 6.45) is 1.49. The zero-order valence-corrected chi connectivity index (χ0v) is 13.0. The van der Waals surface area contributed by atoms with E-state index in [2.05, 4.69) is 20.6 Å². The number of aryl methyl sites for hydroxylation is 1. The monoisotopic (exact) mass is 322 g/mol. The number of carbonyl (C=O) groups is 1. The van der Waals surface area contributed by atoms with Crippen molar-refractivity contribution in [3.05, 3.63) is 78.0 Å². The number of nitrogens with zero attached hydrogens (tertiary/aromatic N) is 2. The Labute approximate surface area is 138 Å². The lowest BCUT2D eigenvalue weighted by atomic mass is 10.2. The van der Waals surface area contributed by atoms with Gasteiger partial charge in [-0.05, 0) is 43.3 Å². The van der Waals surface area contributed by atoms with Crippen LogP contribution in [0.2, 0.25) is 0 Å². The molecule has 2 aromatic carbocycles. The van der Waals surface area contributed by atoms with E-state index >= 15 is 0 Å². The van der Waals surface area contributed by atoms with E-state index in [9.17, 15) is 9.18 Å². The predicted molar refractivity (Wildman–Crippen MR) is 90.8 cm³/mol. The third kappa shape index (κ3) is 3.73. The number of aromatic nitrogens is 2. The van der Waals surface area contributed by atoms with Crippen molar-refractivity contribution in [3.8, 4) is 0 Å². The normalized spacial score (nSPS) is 10.2. The van der Waals surface area contributed by atoms with Crippen LogP contribution in [0.4, 0.5) is 21.6 Å². The lowest BCUT2D eigenvalue weighted by molar-refractivity contribution is 0.102. The lowest BCUT2D eigenvalue weighted by Gasteiger charge is -2.09. The second-order valence-corrected chi connectivity index (χ2v) is 5.18. The molecule has 0 aliphatic heterocycles. The fraction of sp³-hybridized carbons (Fsp3) is 0.0556. The van der Waals surface area contributed by atoms with Crippen LogP contribution in [0.1, 0.15) is 16.1 Å². The number of carbonyl (C=O) groups excluding carboxylic acids is 1. The van der Waals surface area contributed by atoms with Gasteiger partial charge in [0.05, 0.1) is 5.56 Å². The van der Waals surface area contributed by atoms with Gasteiger partial charge in [-0.3, -0.25) is 4.79 Å². The molecule has 0 saturated carbocycles. The highest BCUT2D eigenvalue weighted by Gasteiger charge is 2.10. The molecule has 0 aliphatic carbocycles. The van der Waals surface area contributed by atoms with E-state index in [4.69, 9.17) is 0 Å². The summed E-state index contributed by atoms with van der Waals surface area (Å²) in [7, 11) is 0. The summed E-state index contributed by atoms with van der Waals surface area (Å²) in [5, 5.41) is 5.81. The highest BCUT2D eigenvalue weighted by atomic mass is 19.1. The van der Waals surface area contributed by atoms with Crippen molar-refractivity contribution < 1.29 is 9.18 Å². The van der Waals surface area contributed by atoms with E-state index in [0.717, 1.165) is 11.4 Å². The molecular formula is C18H15FN4O. The van der Waals surface area contributed by atoms with Crippen molar-refractivity contribution in [2.45, 2.75) is 6.92 Å². The second kappa shape index (κ2) is 6.87. The Morgan fingerprint density at radius 2 is 1.71 bits per heavy atom. The largest absolute Gasteiger partial charge is 0.340 e. The maximum Gasteiger partial charge on any atom is 0.258 e. The van der Waals surface area contributed by atoms with Crippen molar-refractivity contribution >= 4 is 23.1 Å². The molecule has 2 N–H and O–H groups in total. The number of benzene rings is 2. The van der Waals surface area contributed by atoms with E-state index in [1.165, 1.54) is 18.5 Å². The molecule has 1 heterocycles. The molecule has 3 rings (SSSR count). The van der Waals surface area contributed by atoms with Gasteiger partial charge in [-0.15, -0.1) is 0 Å². The minimum atomic E-state index is -0.549. The maximum atomic E-state index is 13.6. The number of anilines is 3. The van der Waals surface area contributed by atoms with Gasteiger partial charge in [0.2, 0.25) is 0 Å². The Bertz CT molecular complexity index is 865. The molecule has 0 atom stereocenters. The van der Waals surface area contributed by atoms with Crippen LogP contribution in [0.25, 0.3) is 0 Å². The van der Waals surface area contributed by atoms with Gasteiger partial charge in [0.1, 0.15) is 18.0 Å². The van der Waals surface area contributed by atoms with E-state index in [1.807, 2.05) is 13.0 Å². The van der Waals surface area contributed by atoms with Crippen molar-refractivity contribution in [3.63, 3.8) is 0 Å². The highest BCUT2D eigenvalue weighted by molar-refractivity contribution is 6.04. The van der Waals surface area contributed by atoms with Crippen LogP contribution in [0.15, 0.2) is 60.9 Å². The fourth-order valence-corrected chi connectivity index (χ4v) is 2.15. The van der Waals surface area contributed by atoms with Crippen LogP contribution in [0, 0.1) is 12.7 Å². The van der Waals surface area contributed by atoms with Gasteiger partial charge in [0.25, 0.3) is 5.91 Å². The molecule has 0 radical (unpaired) electrons. The van der Waals surface area contributed by atoms with E-state index < -0.39 is 11.7 Å². The van der Waals surface area contributed by atoms with Crippen molar-refractivity contribution in [1.29, 1.82) is 0 Å². The van der Waals surface area contributed by atoms with Crippen LogP contribution in [0.3, 0.4) is 0 Å². The summed E-state index contributed by atoms with van der Waals surface area (Å²) < 4.78 is 13.6. The van der Waals surface area contributed by atoms with Gasteiger partial charge in [-0.2, -0.15) is 0 Å². The molecule has 3 aromatic rings. The molecule has 6 heteroatoms. The quantitative estimate of drug-likeness (QED) is 0.764. The first-order valence-electron chi connectivity index (χ1n) is 7.33. The molecule has 5 nitrogen and oxygen atoms in total. The van der Waals surface area contributed by atoms with Crippen LogP contribution in [0.5, 0.6) is 0 Å². The molecule has 1 amide bonds. The number of nitrogens with one attached hydrogen (secondary N) is 2. The van der Waals surface area contributed by atoms with Gasteiger partial charge in [0.15, 0.2) is 0 Å². The highest BCUT2D eigenvalue weighted by Crippen LogP contribution is 2.18. The number of hydrogen-bond acceptors (Lipinski definition) is 4. The number of halogens is 1. The predicted octanol–water partition coefficient (Wildman–Crippen LogP) is 3.92. The number of rotatable bonds is 4. The molecule has 0 aliphatic rings. The average molecular weight is 322 g/mol. The minimum Gasteiger partial charge on any atom is -0.340 e. The molecule has 120 valence electrons. The Kier molecular flexibility index (Phi) is 4.47. The summed E-state index contributed by atoms with van der Waals surface area (Å²) in [6.45, 7) is 1.88. The molecule has 0 fully saturated rings. The molecule has 0 unspecified atom stereocenters. The smallest absolute Gasteiger partial charge is 0.258 e. The molecule has 1 aromatic heterocycles. The first kappa shape index (κ1) is 15.6. The zero-order valence-electron chi connectivity index (χ0n) is 13.0. The molecule has 0 bridgehead atoms. The summed E-state index contributed by atoms with van der Waals surface area (Å²) in [6, 6.07) is 14.8. The van der Waals surface area contributed by atoms with Crippen LogP contribution in [-0.4, -0.2) is 15.9 Å². The van der Waals surface area contributed by atoms with E-state index in [1.54, 1.807) is 36.4 Å². The Morgan fingerprint density at radius 1 is 1.00 bits per heavy atom. The van der Waals surface area contributed by atoms with Gasteiger partial charge in [-0.25, -0.2) is 14.4 Å².